The number of hydrogen-bond donors (Lipinski definition) is 2. The van der Waals surface area contributed by atoms with Gasteiger partial charge in [-0.2, -0.15) is 4.98 Å². The summed E-state index contributed by atoms with van der Waals surface area (Å²) in [6.07, 6.45) is 5.42. The molecule has 1 fully saturated rings. The molecule has 0 aliphatic heterocycles. The molecule has 1 amide bonds. The monoisotopic (exact) mass is 1530 g/mol. The van der Waals surface area contributed by atoms with Crippen LogP contribution >= 0.6 is 22.7 Å². The maximum absolute atomic E-state index is 12.5. The first kappa shape index (κ1) is 88.8. The van der Waals surface area contributed by atoms with Crippen molar-refractivity contribution in [2.24, 2.45) is 47.1 Å². The summed E-state index contributed by atoms with van der Waals surface area (Å²) >= 11 is 3.64. The number of nitrogens with one attached hydrogen (secondary N) is 1. The quantitative estimate of drug-likeness (QED) is 0.119. The second kappa shape index (κ2) is 37.3. The minimum absolute atomic E-state index is 0.0346. The molecule has 0 atom stereocenters. The SMILES string of the molecule is CC(C)(C)C(=O)c1ccco1.CC(C)(C)Cc1noc(-c2ccccc2CO)n1.CC(C)(C)c1ccc(-c2ccccc2)s1.Cc1ccc(-c2csc(C(C)(C)C)n2)cc1.Cc1ccc2c(c1)cc(C(=O)C(C)(C)C)n2C.Cc1cccc(CC(C)(C)C)c1.Cn1c(C(=O)C(C)(C)C)cc2cc(NC(=O)C3CC3)ccc21. The number of carbonyl (C=O) groups excluding carboxylic acids is 4. The maximum Gasteiger partial charge on any atom is 0.258 e. The number of aliphatic hydroxyl groups excluding tert-OH is 1. The normalized spacial score (nSPS) is 12.4. The van der Waals surface area contributed by atoms with Gasteiger partial charge in [0.2, 0.25) is 11.7 Å². The standard InChI is InChI=1S/C18H22N2O2.C15H19NO.C14H18N2O2.C14H17NS.C14H16S.C12H18.C9H12O2/c1-18(2,3)16(21)15-10-12-9-13(7-8-14(12)20(15)4)19-17(22)11-5-6-11;1-10-6-7-12-11(8-10)9-13(16(12)5)14(17)15(2,3)4;1-14(2,3)8-12-15-13(18-16-12)11-7-5-4-6-10(11)9-17;1-10-5-7-11(8-6-10)12-9-16-13(15-12)14(2,3)4;1-14(2,3)13-10-9-12(15-13)11-7-5-4-6-8-11;1-10-6-5-7-11(8-10)9-12(2,3)4;1-9(2,3)8(10)7-5-4-6-11-7/h7-11H,5-6H2,1-4H3,(H,19,22);6-9H,1-5H3;4-7,17H,8-9H2,1-3H3;5-9H,1-4H3;4-10H,1-3H3;5-8H,9H2,1-4H3;4-6H,1-3H3. The van der Waals surface area contributed by atoms with Crippen molar-refractivity contribution in [2.45, 2.75) is 209 Å². The van der Waals surface area contributed by atoms with Crippen molar-refractivity contribution >= 4 is 73.4 Å². The van der Waals surface area contributed by atoms with Gasteiger partial charge in [-0.1, -0.05) is 270 Å². The lowest BCUT2D eigenvalue weighted by molar-refractivity contribution is -0.117. The van der Waals surface area contributed by atoms with Crippen molar-refractivity contribution in [3.05, 3.63) is 248 Å². The van der Waals surface area contributed by atoms with E-state index in [9.17, 15) is 24.3 Å². The average Bonchev–Trinajstić information content (AvgIpc) is 1.64. The molecule has 0 radical (unpaired) electrons. The predicted molar refractivity (Wildman–Crippen MR) is 465 cm³/mol. The number of rotatable bonds is 11. The predicted octanol–water partition coefficient (Wildman–Crippen LogP) is 25.5. The number of hydrogen-bond acceptors (Lipinski definition) is 12. The summed E-state index contributed by atoms with van der Waals surface area (Å²) < 4.78 is 14.2. The van der Waals surface area contributed by atoms with Crippen molar-refractivity contribution in [1.82, 2.24) is 24.3 Å². The Morgan fingerprint density at radius 2 is 1.07 bits per heavy atom. The number of aromatic nitrogens is 5. The van der Waals surface area contributed by atoms with E-state index in [1.54, 1.807) is 23.5 Å². The zero-order chi connectivity index (χ0) is 82.4. The zero-order valence-electron chi connectivity index (χ0n) is 71.0. The fourth-order valence-electron chi connectivity index (χ4n) is 11.7. The molecule has 6 heterocycles. The van der Waals surface area contributed by atoms with Crippen LogP contribution in [-0.4, -0.2) is 52.6 Å². The average molecular weight is 1540 g/mol. The maximum atomic E-state index is 12.5. The third-order valence-electron chi connectivity index (χ3n) is 18.0. The minimum atomic E-state index is -0.412. The van der Waals surface area contributed by atoms with E-state index in [0.29, 0.717) is 28.6 Å². The first-order valence-electron chi connectivity index (χ1n) is 38.5. The molecule has 590 valence electrons. The van der Waals surface area contributed by atoms with Crippen LogP contribution in [0.4, 0.5) is 5.69 Å². The number of furan rings is 1. The summed E-state index contributed by atoms with van der Waals surface area (Å²) in [6, 6.07) is 59.2. The molecular formula is C96H122N6O7S2. The van der Waals surface area contributed by atoms with Gasteiger partial charge in [0.05, 0.1) is 35.0 Å². The number of aryl methyl sites for hydroxylation is 5. The lowest BCUT2D eigenvalue weighted by Crippen LogP contribution is -2.22. The Labute approximate surface area is 669 Å². The Kier molecular flexibility index (Phi) is 29.8. The smallest absolute Gasteiger partial charge is 0.258 e. The van der Waals surface area contributed by atoms with Gasteiger partial charge in [-0.3, -0.25) is 19.2 Å². The van der Waals surface area contributed by atoms with Crippen molar-refractivity contribution in [3.63, 3.8) is 0 Å². The van der Waals surface area contributed by atoms with Crippen LogP contribution in [0.3, 0.4) is 0 Å². The molecule has 0 unspecified atom stereocenters. The van der Waals surface area contributed by atoms with Crippen molar-refractivity contribution < 1.29 is 33.2 Å². The van der Waals surface area contributed by atoms with E-state index in [1.807, 2.05) is 151 Å². The van der Waals surface area contributed by atoms with Crippen molar-refractivity contribution in [3.8, 4) is 33.2 Å². The number of aliphatic hydroxyl groups is 1. The van der Waals surface area contributed by atoms with Gasteiger partial charge in [0.1, 0.15) is 0 Å². The molecule has 15 heteroatoms. The molecule has 0 spiro atoms. The first-order chi connectivity index (χ1) is 51.6. The number of ketones is 3. The summed E-state index contributed by atoms with van der Waals surface area (Å²) in [5.74, 6) is 2.25. The summed E-state index contributed by atoms with van der Waals surface area (Å²) in [4.78, 5) is 60.0. The molecule has 13 nitrogen and oxygen atoms in total. The van der Waals surface area contributed by atoms with Crippen LogP contribution in [0, 0.1) is 53.8 Å². The summed E-state index contributed by atoms with van der Waals surface area (Å²) in [5.41, 5.74) is 14.8. The van der Waals surface area contributed by atoms with E-state index < -0.39 is 5.41 Å². The van der Waals surface area contributed by atoms with Gasteiger partial charge >= 0.3 is 0 Å². The molecule has 6 aromatic heterocycles. The van der Waals surface area contributed by atoms with Crippen LogP contribution in [0.5, 0.6) is 0 Å². The lowest BCUT2D eigenvalue weighted by atomic mass is 9.88. The van der Waals surface area contributed by atoms with Gasteiger partial charge in [0.15, 0.2) is 23.2 Å². The number of benzene rings is 6. The molecule has 0 bridgehead atoms. The second-order valence-corrected chi connectivity index (χ2v) is 38.7. The number of thiazole rings is 1. The number of amides is 1. The fraction of sp³-hybridized carbons (Fsp3) is 0.406. The van der Waals surface area contributed by atoms with Gasteiger partial charge in [-0.15, -0.1) is 22.7 Å². The van der Waals surface area contributed by atoms with Gasteiger partial charge < -0.3 is 28.5 Å². The van der Waals surface area contributed by atoms with Gasteiger partial charge in [0, 0.05) is 102 Å². The molecule has 13 rings (SSSR count). The number of thiophene rings is 1. The van der Waals surface area contributed by atoms with E-state index in [1.165, 1.54) is 54.4 Å². The molecule has 0 saturated heterocycles. The van der Waals surface area contributed by atoms with Gasteiger partial charge in [-0.25, -0.2) is 4.98 Å². The van der Waals surface area contributed by atoms with E-state index in [2.05, 4.69) is 234 Å². The van der Waals surface area contributed by atoms with Crippen LogP contribution in [-0.2, 0) is 49.2 Å². The molecule has 6 aromatic carbocycles. The van der Waals surface area contributed by atoms with Crippen LogP contribution in [0.1, 0.15) is 233 Å². The van der Waals surface area contributed by atoms with Crippen LogP contribution in [0.25, 0.3) is 55.0 Å². The third-order valence-corrected chi connectivity index (χ3v) is 20.8. The lowest BCUT2D eigenvalue weighted by Gasteiger charge is -2.18. The highest BCUT2D eigenvalue weighted by Gasteiger charge is 2.31. The molecule has 2 N–H and O–H groups in total. The Morgan fingerprint density at radius 1 is 0.523 bits per heavy atom. The molecule has 111 heavy (non-hydrogen) atoms. The second-order valence-electron chi connectivity index (χ2n) is 36.7. The summed E-state index contributed by atoms with van der Waals surface area (Å²) in [7, 11) is 3.86. The number of nitrogens with zero attached hydrogens (tertiary/aromatic N) is 5. The zero-order valence-corrected chi connectivity index (χ0v) is 72.6. The molecule has 12 aromatic rings. The fourth-order valence-corrected chi connectivity index (χ4v) is 13.6. The van der Waals surface area contributed by atoms with E-state index in [-0.39, 0.29) is 62.9 Å². The number of Topliss-reactive ketones (excluding diaryl/α,β-unsaturated/α-hetero) is 3. The Bertz CT molecular complexity index is 5030. The molecular weight excluding hydrogens is 1410 g/mol. The highest BCUT2D eigenvalue weighted by Crippen LogP contribution is 2.37. The first-order valence-corrected chi connectivity index (χ1v) is 40.2. The van der Waals surface area contributed by atoms with Crippen LogP contribution in [0.2, 0.25) is 0 Å². The van der Waals surface area contributed by atoms with Crippen molar-refractivity contribution in [1.29, 1.82) is 0 Å². The molecule has 1 aliphatic rings. The van der Waals surface area contributed by atoms with E-state index in [0.717, 1.165) is 75.7 Å². The van der Waals surface area contributed by atoms with E-state index >= 15 is 0 Å². The molecule has 1 aliphatic carbocycles. The number of fused-ring (bicyclic) bond motifs is 2. The highest BCUT2D eigenvalue weighted by molar-refractivity contribution is 7.15. The Hall–Kier alpha value is -9.41. The van der Waals surface area contributed by atoms with Gasteiger partial charge in [0.25, 0.3) is 5.89 Å². The van der Waals surface area contributed by atoms with Gasteiger partial charge in [-0.05, 0) is 146 Å². The van der Waals surface area contributed by atoms with E-state index in [4.69, 9.17) is 13.9 Å². The number of anilines is 1. The topological polar surface area (TPSA) is 175 Å². The van der Waals surface area contributed by atoms with Crippen LogP contribution in [0.15, 0.2) is 197 Å². The highest BCUT2D eigenvalue weighted by atomic mass is 32.1. The van der Waals surface area contributed by atoms with Crippen LogP contribution < -0.4 is 5.32 Å². The Balaban J connectivity index is 0.000000182. The molecule has 1 saturated carbocycles. The minimum Gasteiger partial charge on any atom is -0.461 e. The number of carbonyl (C=O) groups is 4. The Morgan fingerprint density at radius 3 is 1.58 bits per heavy atom. The summed E-state index contributed by atoms with van der Waals surface area (Å²) in [5, 5.41) is 21.7. The largest absolute Gasteiger partial charge is 0.461 e. The third kappa shape index (κ3) is 26.9. The van der Waals surface area contributed by atoms with Crippen molar-refractivity contribution in [2.75, 3.05) is 5.32 Å². The summed E-state index contributed by atoms with van der Waals surface area (Å²) in [6.45, 7) is 50.1.